The lowest BCUT2D eigenvalue weighted by Gasteiger charge is -2.38. The monoisotopic (exact) mass is 355 g/mol. The van der Waals surface area contributed by atoms with Crippen LogP contribution in [0.5, 0.6) is 0 Å². The smallest absolute Gasteiger partial charge is 0.258 e. The number of nitrogens with zero attached hydrogens (tertiary/aromatic N) is 1. The van der Waals surface area contributed by atoms with Crippen LogP contribution in [0.1, 0.15) is 5.56 Å². The predicted octanol–water partition coefficient (Wildman–Crippen LogP) is 4.81. The highest BCUT2D eigenvalue weighted by atomic mass is 19.4. The molecule has 0 bridgehead atoms. The number of halogens is 9. The summed E-state index contributed by atoms with van der Waals surface area (Å²) in [6.07, 6.45) is -22.7. The highest BCUT2D eigenvalue weighted by molar-refractivity contribution is 5.35. The van der Waals surface area contributed by atoms with E-state index >= 15 is 0 Å². The van der Waals surface area contributed by atoms with E-state index in [-0.39, 0.29) is 6.07 Å². The van der Waals surface area contributed by atoms with Gasteiger partial charge in [0.05, 0.1) is 4.92 Å². The Morgan fingerprint density at radius 3 is 1.65 bits per heavy atom. The molecule has 0 spiro atoms. The number of hydrogen-bond acceptors (Lipinski definition) is 2. The summed E-state index contributed by atoms with van der Waals surface area (Å²) in [5, 5.41) is 10.4. The highest BCUT2D eigenvalue weighted by Gasteiger charge is 2.83. The quantitative estimate of drug-likeness (QED) is 0.444. The maximum atomic E-state index is 12.7. The van der Waals surface area contributed by atoms with Gasteiger partial charge in [-0.25, -0.2) is 0 Å². The maximum absolute atomic E-state index is 12.7. The molecule has 0 heterocycles. The standard InChI is InChI=1S/C11H6F9NO2/c12-9(13,14)8(10(15,16)17,11(18,19)20)5-6-2-1-3-7(4-6)21(22)23/h1-4H,5H2. The third-order valence-electron chi connectivity index (χ3n) is 3.04. The van der Waals surface area contributed by atoms with Gasteiger partial charge in [0, 0.05) is 18.6 Å². The van der Waals surface area contributed by atoms with Crippen LogP contribution in [0.25, 0.3) is 0 Å². The van der Waals surface area contributed by atoms with Gasteiger partial charge in [0.1, 0.15) is 0 Å². The van der Waals surface area contributed by atoms with E-state index in [0.29, 0.717) is 12.1 Å². The van der Waals surface area contributed by atoms with Crippen molar-refractivity contribution in [1.82, 2.24) is 0 Å². The van der Waals surface area contributed by atoms with Crippen LogP contribution >= 0.6 is 0 Å². The fraction of sp³-hybridized carbons (Fsp3) is 0.455. The summed E-state index contributed by atoms with van der Waals surface area (Å²) in [6.45, 7) is 0. The third kappa shape index (κ3) is 3.34. The van der Waals surface area contributed by atoms with E-state index in [2.05, 4.69) is 0 Å². The summed E-state index contributed by atoms with van der Waals surface area (Å²) in [6, 6.07) is 2.17. The molecule has 0 aromatic heterocycles. The Balaban J connectivity index is 3.55. The van der Waals surface area contributed by atoms with E-state index in [0.717, 1.165) is 6.07 Å². The summed E-state index contributed by atoms with van der Waals surface area (Å²) in [7, 11) is 0. The summed E-state index contributed by atoms with van der Waals surface area (Å²) in [5.41, 5.74) is -8.07. The largest absolute Gasteiger partial charge is 0.412 e. The Kier molecular flexibility index (Phi) is 4.61. The zero-order chi connectivity index (χ0) is 18.3. The van der Waals surface area contributed by atoms with Crippen LogP contribution in [0.4, 0.5) is 45.2 Å². The summed E-state index contributed by atoms with van der Waals surface area (Å²) in [5.74, 6) is 0. The molecule has 130 valence electrons. The molecular formula is C11H6F9NO2. The lowest BCUT2D eigenvalue weighted by atomic mass is 9.79. The molecule has 12 heteroatoms. The minimum Gasteiger partial charge on any atom is -0.258 e. The Morgan fingerprint density at radius 2 is 1.30 bits per heavy atom. The molecule has 1 aromatic carbocycles. The fourth-order valence-corrected chi connectivity index (χ4v) is 1.87. The average Bonchev–Trinajstić information content (AvgIpc) is 2.31. The van der Waals surface area contributed by atoms with Crippen LogP contribution in [-0.2, 0) is 6.42 Å². The van der Waals surface area contributed by atoms with E-state index in [1.807, 2.05) is 0 Å². The van der Waals surface area contributed by atoms with Gasteiger partial charge in [-0.3, -0.25) is 10.1 Å². The zero-order valence-electron chi connectivity index (χ0n) is 10.7. The van der Waals surface area contributed by atoms with Crippen molar-refractivity contribution >= 4 is 5.69 Å². The Morgan fingerprint density at radius 1 is 0.870 bits per heavy atom. The molecule has 0 N–H and O–H groups in total. The SMILES string of the molecule is O=[N+]([O-])c1cccc(CC(C(F)(F)F)(C(F)(F)F)C(F)(F)F)c1. The van der Waals surface area contributed by atoms with Gasteiger partial charge in [0.2, 0.25) is 0 Å². The second-order valence-corrected chi connectivity index (χ2v) is 4.50. The fourth-order valence-electron chi connectivity index (χ4n) is 1.87. The van der Waals surface area contributed by atoms with Crippen LogP contribution in [-0.4, -0.2) is 23.5 Å². The minimum atomic E-state index is -6.70. The van der Waals surface area contributed by atoms with Gasteiger partial charge in [0.15, 0.2) is 0 Å². The topological polar surface area (TPSA) is 43.1 Å². The van der Waals surface area contributed by atoms with Crippen molar-refractivity contribution in [2.24, 2.45) is 5.41 Å². The van der Waals surface area contributed by atoms with Crippen molar-refractivity contribution in [1.29, 1.82) is 0 Å². The number of non-ortho nitro benzene ring substituents is 1. The molecule has 1 rings (SSSR count). The molecule has 3 nitrogen and oxygen atoms in total. The molecular weight excluding hydrogens is 349 g/mol. The second-order valence-electron chi connectivity index (χ2n) is 4.50. The number of alkyl halides is 9. The molecule has 0 aliphatic rings. The number of nitro groups is 1. The van der Waals surface area contributed by atoms with Gasteiger partial charge < -0.3 is 0 Å². The second kappa shape index (κ2) is 5.57. The minimum absolute atomic E-state index is 0.234. The van der Waals surface area contributed by atoms with Crippen LogP contribution < -0.4 is 0 Å². The first kappa shape index (κ1) is 19.0. The summed E-state index contributed by atoms with van der Waals surface area (Å²) in [4.78, 5) is 9.30. The molecule has 0 saturated carbocycles. The Labute approximate surface area is 121 Å². The zero-order valence-corrected chi connectivity index (χ0v) is 10.7. The average molecular weight is 355 g/mol. The molecule has 0 aliphatic carbocycles. The first-order valence-electron chi connectivity index (χ1n) is 5.57. The molecule has 0 amide bonds. The van der Waals surface area contributed by atoms with Gasteiger partial charge >= 0.3 is 18.5 Å². The molecule has 1 aromatic rings. The number of nitro benzene ring substituents is 1. The normalized spacial score (nSPS) is 14.0. The van der Waals surface area contributed by atoms with Crippen LogP contribution in [0, 0.1) is 15.5 Å². The van der Waals surface area contributed by atoms with Gasteiger partial charge in [-0.15, -0.1) is 0 Å². The molecule has 0 aliphatic heterocycles. The maximum Gasteiger partial charge on any atom is 0.412 e. The molecule has 23 heavy (non-hydrogen) atoms. The number of hydrogen-bond donors (Lipinski definition) is 0. The first-order valence-corrected chi connectivity index (χ1v) is 5.57. The van der Waals surface area contributed by atoms with E-state index in [1.165, 1.54) is 0 Å². The van der Waals surface area contributed by atoms with Crippen LogP contribution in [0.15, 0.2) is 24.3 Å². The van der Waals surface area contributed by atoms with Crippen molar-refractivity contribution in [3.63, 3.8) is 0 Å². The lowest BCUT2D eigenvalue weighted by molar-refractivity contribution is -0.426. The molecule has 0 saturated heterocycles. The van der Waals surface area contributed by atoms with Gasteiger partial charge in [0.25, 0.3) is 11.1 Å². The van der Waals surface area contributed by atoms with E-state index in [1.54, 1.807) is 0 Å². The van der Waals surface area contributed by atoms with Gasteiger partial charge in [-0.2, -0.15) is 39.5 Å². The predicted molar refractivity (Wildman–Crippen MR) is 57.4 cm³/mol. The van der Waals surface area contributed by atoms with Crippen molar-refractivity contribution in [3.8, 4) is 0 Å². The Hall–Kier alpha value is -2.01. The number of rotatable bonds is 3. The summed E-state index contributed by atoms with van der Waals surface area (Å²) < 4.78 is 115. The molecule has 0 fully saturated rings. The van der Waals surface area contributed by atoms with Crippen molar-refractivity contribution in [3.05, 3.63) is 39.9 Å². The van der Waals surface area contributed by atoms with Crippen LogP contribution in [0.3, 0.4) is 0 Å². The third-order valence-corrected chi connectivity index (χ3v) is 3.04. The van der Waals surface area contributed by atoms with Crippen molar-refractivity contribution < 1.29 is 44.4 Å². The lowest BCUT2D eigenvalue weighted by Crippen LogP contribution is -2.60. The highest BCUT2D eigenvalue weighted by Crippen LogP contribution is 2.60. The first-order chi connectivity index (χ1) is 10.1. The molecule has 0 atom stereocenters. The van der Waals surface area contributed by atoms with Crippen molar-refractivity contribution in [2.45, 2.75) is 24.9 Å². The van der Waals surface area contributed by atoms with Gasteiger partial charge in [-0.1, -0.05) is 12.1 Å². The number of benzene rings is 1. The van der Waals surface area contributed by atoms with Crippen molar-refractivity contribution in [2.75, 3.05) is 0 Å². The summed E-state index contributed by atoms with van der Waals surface area (Å²) >= 11 is 0. The molecule has 0 unspecified atom stereocenters. The van der Waals surface area contributed by atoms with E-state index in [4.69, 9.17) is 0 Å². The van der Waals surface area contributed by atoms with Gasteiger partial charge in [-0.05, 0) is 5.56 Å². The van der Waals surface area contributed by atoms with Crippen LogP contribution in [0.2, 0.25) is 0 Å². The molecule has 0 radical (unpaired) electrons. The van der Waals surface area contributed by atoms with E-state index < -0.39 is 46.5 Å². The Bertz CT molecular complexity index is 552. The van der Waals surface area contributed by atoms with E-state index in [9.17, 15) is 49.6 Å².